The number of guanidine groups is 1. The molecule has 24 heavy (non-hydrogen) atoms. The summed E-state index contributed by atoms with van der Waals surface area (Å²) < 4.78 is 7.00. The van der Waals surface area contributed by atoms with Gasteiger partial charge in [-0.3, -0.25) is 0 Å². The quantitative estimate of drug-likeness (QED) is 0.606. The number of ether oxygens (including phenoxy) is 1. The van der Waals surface area contributed by atoms with Crippen LogP contribution in [0.15, 0.2) is 27.7 Å². The van der Waals surface area contributed by atoms with Gasteiger partial charge in [0, 0.05) is 35.0 Å². The molecule has 2 N–H and O–H groups in total. The van der Waals surface area contributed by atoms with Crippen molar-refractivity contribution in [3.63, 3.8) is 0 Å². The Bertz CT molecular complexity index is 629. The van der Waals surface area contributed by atoms with E-state index in [2.05, 4.69) is 72.5 Å². The molecule has 1 aliphatic heterocycles. The van der Waals surface area contributed by atoms with Gasteiger partial charge in [-0.05, 0) is 43.5 Å². The van der Waals surface area contributed by atoms with Crippen molar-refractivity contribution in [3.8, 4) is 0 Å². The van der Waals surface area contributed by atoms with Crippen molar-refractivity contribution in [2.75, 3.05) is 13.2 Å². The zero-order valence-corrected chi connectivity index (χ0v) is 16.6. The zero-order valence-electron chi connectivity index (χ0n) is 15.0. The molecule has 0 bridgehead atoms. The molecular weight excluding hydrogens is 366 g/mol. The fourth-order valence-electron chi connectivity index (χ4n) is 4.09. The van der Waals surface area contributed by atoms with E-state index in [0.29, 0.717) is 24.6 Å². The lowest BCUT2D eigenvalue weighted by Crippen LogP contribution is -2.67. The molecule has 1 aromatic carbocycles. The summed E-state index contributed by atoms with van der Waals surface area (Å²) in [4.78, 5) is 4.81. The number of aliphatic imine (C=N–C) groups is 1. The maximum Gasteiger partial charge on any atom is 0.191 e. The van der Waals surface area contributed by atoms with Gasteiger partial charge in [0.1, 0.15) is 0 Å². The van der Waals surface area contributed by atoms with Gasteiger partial charge in [-0.15, -0.1) is 0 Å². The number of halogens is 1. The molecule has 2 fully saturated rings. The molecule has 5 heteroatoms. The third-order valence-electron chi connectivity index (χ3n) is 5.45. The summed E-state index contributed by atoms with van der Waals surface area (Å²) >= 11 is 3.52. The Hall–Kier alpha value is -1.07. The van der Waals surface area contributed by atoms with Crippen LogP contribution < -0.4 is 10.6 Å². The molecule has 0 spiro atoms. The first-order chi connectivity index (χ1) is 11.4. The van der Waals surface area contributed by atoms with Crippen molar-refractivity contribution in [3.05, 3.63) is 33.8 Å². The van der Waals surface area contributed by atoms with Gasteiger partial charge >= 0.3 is 0 Å². The Balaban J connectivity index is 1.70. The van der Waals surface area contributed by atoms with Crippen LogP contribution in [0.5, 0.6) is 0 Å². The first-order valence-corrected chi connectivity index (χ1v) is 9.64. The molecule has 132 valence electrons. The summed E-state index contributed by atoms with van der Waals surface area (Å²) in [6, 6.07) is 6.78. The first kappa shape index (κ1) is 17.7. The summed E-state index contributed by atoms with van der Waals surface area (Å²) in [5.74, 6) is 1.52. The summed E-state index contributed by atoms with van der Waals surface area (Å²) in [5, 5.41) is 7.06. The number of hydrogen-bond donors (Lipinski definition) is 2. The van der Waals surface area contributed by atoms with E-state index in [0.717, 1.165) is 30.0 Å². The van der Waals surface area contributed by atoms with Crippen LogP contribution in [0.3, 0.4) is 0 Å². The molecule has 2 aliphatic rings. The first-order valence-electron chi connectivity index (χ1n) is 8.85. The molecule has 1 aliphatic carbocycles. The van der Waals surface area contributed by atoms with Gasteiger partial charge in [-0.1, -0.05) is 35.8 Å². The van der Waals surface area contributed by atoms with E-state index >= 15 is 0 Å². The molecule has 4 nitrogen and oxygen atoms in total. The van der Waals surface area contributed by atoms with Gasteiger partial charge in [0.15, 0.2) is 5.96 Å². The lowest BCUT2D eigenvalue weighted by atomic mass is 9.57. The predicted molar refractivity (Wildman–Crippen MR) is 102 cm³/mol. The van der Waals surface area contributed by atoms with Crippen molar-refractivity contribution in [2.45, 2.75) is 52.8 Å². The SMILES string of the molecule is CCNC(=NCc1ccc(Br)cc1C)NC1C2CCOC2C1(C)C. The standard InChI is InChI=1S/C19H28BrN3O/c1-5-21-18(22-11-13-6-7-14(20)10-12(13)2)23-16-15-8-9-24-17(15)19(16,3)4/h6-7,10,15-17H,5,8-9,11H2,1-4H3,(H2,21,22,23). The Morgan fingerprint density at radius 2 is 2.21 bits per heavy atom. The minimum atomic E-state index is 0.158. The van der Waals surface area contributed by atoms with Gasteiger partial charge in [0.25, 0.3) is 0 Å². The average Bonchev–Trinajstić information content (AvgIpc) is 2.98. The van der Waals surface area contributed by atoms with Crippen LogP contribution in [0, 0.1) is 18.3 Å². The second-order valence-corrected chi connectivity index (χ2v) is 8.37. The summed E-state index contributed by atoms with van der Waals surface area (Å²) in [6.07, 6.45) is 1.54. The number of benzene rings is 1. The molecule has 3 atom stereocenters. The van der Waals surface area contributed by atoms with E-state index in [1.54, 1.807) is 0 Å². The molecule has 0 aromatic heterocycles. The second kappa shape index (κ2) is 7.04. The summed E-state index contributed by atoms with van der Waals surface area (Å²) in [7, 11) is 0. The van der Waals surface area contributed by atoms with Crippen molar-refractivity contribution in [1.29, 1.82) is 0 Å². The Morgan fingerprint density at radius 3 is 2.92 bits per heavy atom. The second-order valence-electron chi connectivity index (χ2n) is 7.45. The molecule has 1 saturated heterocycles. The minimum Gasteiger partial charge on any atom is -0.377 e. The van der Waals surface area contributed by atoms with Crippen LogP contribution in [0.1, 0.15) is 38.3 Å². The predicted octanol–water partition coefficient (Wildman–Crippen LogP) is 3.63. The monoisotopic (exact) mass is 393 g/mol. The van der Waals surface area contributed by atoms with Crippen LogP contribution in [0.4, 0.5) is 0 Å². The number of nitrogens with zero attached hydrogens (tertiary/aromatic N) is 1. The van der Waals surface area contributed by atoms with Crippen molar-refractivity contribution in [1.82, 2.24) is 10.6 Å². The van der Waals surface area contributed by atoms with Gasteiger partial charge in [-0.2, -0.15) is 0 Å². The Morgan fingerprint density at radius 1 is 1.42 bits per heavy atom. The lowest BCUT2D eigenvalue weighted by molar-refractivity contribution is -0.106. The molecule has 1 heterocycles. The van der Waals surface area contributed by atoms with Crippen molar-refractivity contribution in [2.24, 2.45) is 16.3 Å². The zero-order chi connectivity index (χ0) is 17.3. The average molecular weight is 394 g/mol. The highest BCUT2D eigenvalue weighted by Gasteiger charge is 2.59. The van der Waals surface area contributed by atoms with Gasteiger partial charge in [-0.25, -0.2) is 4.99 Å². The maximum atomic E-state index is 5.89. The molecule has 1 saturated carbocycles. The van der Waals surface area contributed by atoms with Gasteiger partial charge in [0.2, 0.25) is 0 Å². The van der Waals surface area contributed by atoms with Crippen LogP contribution in [0.25, 0.3) is 0 Å². The smallest absolute Gasteiger partial charge is 0.191 e. The number of nitrogens with one attached hydrogen (secondary N) is 2. The van der Waals surface area contributed by atoms with Crippen molar-refractivity contribution < 1.29 is 4.74 Å². The van der Waals surface area contributed by atoms with Crippen LogP contribution in [0.2, 0.25) is 0 Å². The molecule has 3 unspecified atom stereocenters. The van der Waals surface area contributed by atoms with Gasteiger partial charge in [0.05, 0.1) is 12.6 Å². The van der Waals surface area contributed by atoms with E-state index in [-0.39, 0.29) is 5.41 Å². The number of rotatable bonds is 4. The largest absolute Gasteiger partial charge is 0.377 e. The molecule has 3 rings (SSSR count). The number of aryl methyl sites for hydroxylation is 1. The molecule has 0 radical (unpaired) electrons. The normalized spacial score (nSPS) is 28.2. The maximum absolute atomic E-state index is 5.89. The topological polar surface area (TPSA) is 45.7 Å². The third-order valence-corrected chi connectivity index (χ3v) is 5.94. The van der Waals surface area contributed by atoms with Crippen LogP contribution in [-0.2, 0) is 11.3 Å². The molecule has 1 aromatic rings. The third kappa shape index (κ3) is 3.33. The number of hydrogen-bond acceptors (Lipinski definition) is 2. The van der Waals surface area contributed by atoms with E-state index < -0.39 is 0 Å². The Labute approximate surface area is 153 Å². The molecular formula is C19H28BrN3O. The fraction of sp³-hybridized carbons (Fsp3) is 0.632. The molecule has 0 amide bonds. The highest BCUT2D eigenvalue weighted by Crippen LogP contribution is 2.52. The summed E-state index contributed by atoms with van der Waals surface area (Å²) in [5.41, 5.74) is 2.67. The highest BCUT2D eigenvalue weighted by molar-refractivity contribution is 9.10. The van der Waals surface area contributed by atoms with E-state index in [1.807, 2.05) is 0 Å². The highest BCUT2D eigenvalue weighted by atomic mass is 79.9. The summed E-state index contributed by atoms with van der Waals surface area (Å²) in [6.45, 7) is 11.3. The van der Waals surface area contributed by atoms with E-state index in [4.69, 9.17) is 9.73 Å². The fourth-order valence-corrected chi connectivity index (χ4v) is 4.56. The Kier molecular flexibility index (Phi) is 5.21. The van der Waals surface area contributed by atoms with Gasteiger partial charge < -0.3 is 15.4 Å². The van der Waals surface area contributed by atoms with Crippen molar-refractivity contribution >= 4 is 21.9 Å². The minimum absolute atomic E-state index is 0.158. The van der Waals surface area contributed by atoms with Crippen LogP contribution >= 0.6 is 15.9 Å². The number of fused-ring (bicyclic) bond motifs is 1. The van der Waals surface area contributed by atoms with E-state index in [1.165, 1.54) is 11.1 Å². The van der Waals surface area contributed by atoms with Crippen LogP contribution in [-0.4, -0.2) is 31.3 Å². The van der Waals surface area contributed by atoms with E-state index in [9.17, 15) is 0 Å². The lowest BCUT2D eigenvalue weighted by Gasteiger charge is -2.54.